The zero-order valence-corrected chi connectivity index (χ0v) is 17.4. The summed E-state index contributed by atoms with van der Waals surface area (Å²) in [4.78, 5) is 25.9. The van der Waals surface area contributed by atoms with Crippen LogP contribution in [-0.4, -0.2) is 58.4 Å². The molecule has 29 heavy (non-hydrogen) atoms. The van der Waals surface area contributed by atoms with Crippen LogP contribution in [0.1, 0.15) is 46.6 Å². The first-order valence-electron chi connectivity index (χ1n) is 10.5. The van der Waals surface area contributed by atoms with Gasteiger partial charge in [0.2, 0.25) is 0 Å². The SMILES string of the molecule is Cc1ncnc(C)c1C(=O)N1CC2CN(CCC(C)c3cccc(F)c3)CC2C1. The molecule has 0 bridgehead atoms. The Morgan fingerprint density at radius 1 is 1.14 bits per heavy atom. The number of carbonyl (C=O) groups excluding carboxylic acids is 1. The van der Waals surface area contributed by atoms with Crippen LogP contribution in [0.5, 0.6) is 0 Å². The van der Waals surface area contributed by atoms with Gasteiger partial charge in [-0.3, -0.25) is 4.79 Å². The van der Waals surface area contributed by atoms with Crippen LogP contribution in [0.4, 0.5) is 4.39 Å². The molecule has 2 aliphatic heterocycles. The molecule has 3 atom stereocenters. The van der Waals surface area contributed by atoms with Crippen molar-refractivity contribution < 1.29 is 9.18 Å². The van der Waals surface area contributed by atoms with E-state index in [1.807, 2.05) is 24.8 Å². The first-order chi connectivity index (χ1) is 13.9. The van der Waals surface area contributed by atoms with Crippen LogP contribution in [-0.2, 0) is 0 Å². The molecule has 0 N–H and O–H groups in total. The molecular weight excluding hydrogens is 367 g/mol. The third-order valence-corrected chi connectivity index (χ3v) is 6.59. The second kappa shape index (κ2) is 8.19. The van der Waals surface area contributed by atoms with Crippen molar-refractivity contribution >= 4 is 5.91 Å². The molecule has 2 aliphatic rings. The summed E-state index contributed by atoms with van der Waals surface area (Å²) in [5, 5.41) is 0. The van der Waals surface area contributed by atoms with Crippen molar-refractivity contribution in [3.05, 3.63) is 58.9 Å². The summed E-state index contributed by atoms with van der Waals surface area (Å²) >= 11 is 0. The molecule has 3 unspecified atom stereocenters. The average molecular weight is 397 g/mol. The summed E-state index contributed by atoms with van der Waals surface area (Å²) in [5.74, 6) is 1.32. The van der Waals surface area contributed by atoms with Gasteiger partial charge in [-0.05, 0) is 62.3 Å². The highest BCUT2D eigenvalue weighted by molar-refractivity contribution is 5.96. The zero-order chi connectivity index (χ0) is 20.5. The summed E-state index contributed by atoms with van der Waals surface area (Å²) in [5.41, 5.74) is 3.24. The third-order valence-electron chi connectivity index (χ3n) is 6.59. The molecule has 154 valence electrons. The lowest BCUT2D eigenvalue weighted by Crippen LogP contribution is -2.34. The molecule has 1 aromatic heterocycles. The quantitative estimate of drug-likeness (QED) is 0.777. The Kier molecular flexibility index (Phi) is 5.63. The fraction of sp³-hybridized carbons (Fsp3) is 0.522. The van der Waals surface area contributed by atoms with E-state index < -0.39 is 0 Å². The Labute approximate surface area is 172 Å². The highest BCUT2D eigenvalue weighted by Crippen LogP contribution is 2.33. The predicted molar refractivity (Wildman–Crippen MR) is 110 cm³/mol. The lowest BCUT2D eigenvalue weighted by Gasteiger charge is -2.23. The van der Waals surface area contributed by atoms with E-state index in [0.717, 1.165) is 56.1 Å². The number of amides is 1. The van der Waals surface area contributed by atoms with Crippen LogP contribution in [0.2, 0.25) is 0 Å². The van der Waals surface area contributed by atoms with Gasteiger partial charge in [-0.25, -0.2) is 14.4 Å². The highest BCUT2D eigenvalue weighted by atomic mass is 19.1. The van der Waals surface area contributed by atoms with E-state index in [1.54, 1.807) is 12.1 Å². The van der Waals surface area contributed by atoms with Gasteiger partial charge in [-0.15, -0.1) is 0 Å². The molecule has 0 aliphatic carbocycles. The number of fused-ring (bicyclic) bond motifs is 1. The number of nitrogens with zero attached hydrogens (tertiary/aromatic N) is 4. The third kappa shape index (κ3) is 4.17. The number of hydrogen-bond acceptors (Lipinski definition) is 4. The van der Waals surface area contributed by atoms with E-state index in [0.29, 0.717) is 23.3 Å². The molecule has 0 spiro atoms. The van der Waals surface area contributed by atoms with Crippen LogP contribution in [0.25, 0.3) is 0 Å². The maximum atomic E-state index is 13.4. The minimum Gasteiger partial charge on any atom is -0.338 e. The Balaban J connectivity index is 1.30. The molecule has 5 nitrogen and oxygen atoms in total. The van der Waals surface area contributed by atoms with Gasteiger partial charge in [0, 0.05) is 26.2 Å². The van der Waals surface area contributed by atoms with Crippen molar-refractivity contribution in [2.75, 3.05) is 32.7 Å². The number of hydrogen-bond donors (Lipinski definition) is 0. The maximum absolute atomic E-state index is 13.4. The number of rotatable bonds is 5. The summed E-state index contributed by atoms with van der Waals surface area (Å²) in [6, 6.07) is 6.93. The largest absolute Gasteiger partial charge is 0.338 e. The molecule has 2 saturated heterocycles. The van der Waals surface area contributed by atoms with E-state index >= 15 is 0 Å². The average Bonchev–Trinajstić information content (AvgIpc) is 3.24. The van der Waals surface area contributed by atoms with Crippen molar-refractivity contribution in [1.82, 2.24) is 19.8 Å². The van der Waals surface area contributed by atoms with Crippen molar-refractivity contribution in [3.63, 3.8) is 0 Å². The normalized spacial score (nSPS) is 22.7. The van der Waals surface area contributed by atoms with Gasteiger partial charge in [0.05, 0.1) is 17.0 Å². The number of carbonyl (C=O) groups is 1. The molecule has 1 amide bonds. The van der Waals surface area contributed by atoms with E-state index in [1.165, 1.54) is 12.4 Å². The number of aryl methyl sites for hydroxylation is 2. The minimum atomic E-state index is -0.163. The molecule has 2 aromatic rings. The molecule has 0 radical (unpaired) electrons. The Morgan fingerprint density at radius 3 is 2.41 bits per heavy atom. The van der Waals surface area contributed by atoms with Crippen LogP contribution in [0.3, 0.4) is 0 Å². The lowest BCUT2D eigenvalue weighted by molar-refractivity contribution is 0.0771. The Hall–Kier alpha value is -2.34. The van der Waals surface area contributed by atoms with Crippen molar-refractivity contribution in [3.8, 4) is 0 Å². The molecule has 6 heteroatoms. The molecule has 4 rings (SSSR count). The predicted octanol–water partition coefficient (Wildman–Crippen LogP) is 3.43. The first kappa shape index (κ1) is 20.0. The monoisotopic (exact) mass is 396 g/mol. The van der Waals surface area contributed by atoms with E-state index in [4.69, 9.17) is 0 Å². The van der Waals surface area contributed by atoms with Crippen LogP contribution in [0, 0.1) is 31.5 Å². The minimum absolute atomic E-state index is 0.0706. The molecule has 2 fully saturated rings. The number of benzene rings is 1. The van der Waals surface area contributed by atoms with Gasteiger partial charge in [-0.1, -0.05) is 19.1 Å². The fourth-order valence-corrected chi connectivity index (χ4v) is 4.86. The van der Waals surface area contributed by atoms with Crippen LogP contribution >= 0.6 is 0 Å². The summed E-state index contributed by atoms with van der Waals surface area (Å²) in [6.45, 7) is 10.6. The number of aromatic nitrogens is 2. The molecule has 0 saturated carbocycles. The van der Waals surface area contributed by atoms with Gasteiger partial charge in [0.25, 0.3) is 5.91 Å². The van der Waals surface area contributed by atoms with Gasteiger partial charge >= 0.3 is 0 Å². The van der Waals surface area contributed by atoms with Crippen LogP contribution in [0.15, 0.2) is 30.6 Å². The van der Waals surface area contributed by atoms with Gasteiger partial charge in [0.1, 0.15) is 12.1 Å². The van der Waals surface area contributed by atoms with Crippen molar-refractivity contribution in [1.29, 1.82) is 0 Å². The second-order valence-corrected chi connectivity index (χ2v) is 8.65. The fourth-order valence-electron chi connectivity index (χ4n) is 4.86. The molecule has 3 heterocycles. The summed E-state index contributed by atoms with van der Waals surface area (Å²) < 4.78 is 13.4. The standard InChI is InChI=1S/C23H29FN4O/c1-15(18-5-4-6-21(24)9-18)7-8-27-10-19-12-28(13-20(19)11-27)23(29)22-16(2)25-14-26-17(22)3/h4-6,9,14-15,19-20H,7-8,10-13H2,1-3H3. The lowest BCUT2D eigenvalue weighted by atomic mass is 9.97. The maximum Gasteiger partial charge on any atom is 0.257 e. The molecule has 1 aromatic carbocycles. The van der Waals surface area contributed by atoms with Crippen LogP contribution < -0.4 is 0 Å². The second-order valence-electron chi connectivity index (χ2n) is 8.65. The highest BCUT2D eigenvalue weighted by Gasteiger charge is 2.42. The smallest absolute Gasteiger partial charge is 0.257 e. The van der Waals surface area contributed by atoms with Crippen molar-refractivity contribution in [2.24, 2.45) is 11.8 Å². The van der Waals surface area contributed by atoms with E-state index in [9.17, 15) is 9.18 Å². The van der Waals surface area contributed by atoms with Crippen molar-refractivity contribution in [2.45, 2.75) is 33.1 Å². The number of likely N-dealkylation sites (tertiary alicyclic amines) is 2. The first-order valence-corrected chi connectivity index (χ1v) is 10.5. The van der Waals surface area contributed by atoms with Gasteiger partial charge in [0.15, 0.2) is 0 Å². The zero-order valence-electron chi connectivity index (χ0n) is 17.4. The van der Waals surface area contributed by atoms with E-state index in [-0.39, 0.29) is 11.7 Å². The van der Waals surface area contributed by atoms with Gasteiger partial charge in [-0.2, -0.15) is 0 Å². The number of halogens is 1. The topological polar surface area (TPSA) is 49.3 Å². The van der Waals surface area contributed by atoms with Gasteiger partial charge < -0.3 is 9.80 Å². The molecular formula is C23H29FN4O. The summed E-state index contributed by atoms with van der Waals surface area (Å²) in [6.07, 6.45) is 2.54. The Bertz CT molecular complexity index is 868. The Morgan fingerprint density at radius 2 is 1.79 bits per heavy atom. The van der Waals surface area contributed by atoms with E-state index in [2.05, 4.69) is 21.8 Å². The summed E-state index contributed by atoms with van der Waals surface area (Å²) in [7, 11) is 0.